The highest BCUT2D eigenvalue weighted by Crippen LogP contribution is 2.29. The van der Waals surface area contributed by atoms with Crippen LogP contribution in [0.25, 0.3) is 11.5 Å². The van der Waals surface area contributed by atoms with Crippen molar-refractivity contribution in [1.29, 1.82) is 0 Å². The van der Waals surface area contributed by atoms with E-state index in [4.69, 9.17) is 32.0 Å². The number of furan rings is 1. The van der Waals surface area contributed by atoms with Crippen LogP contribution in [0.1, 0.15) is 29.0 Å². The summed E-state index contributed by atoms with van der Waals surface area (Å²) in [6.45, 7) is 0.584. The number of carbonyl (C=O) groups excluding carboxylic acids is 1. The second-order valence-electron chi connectivity index (χ2n) is 4.04. The van der Waals surface area contributed by atoms with Gasteiger partial charge in [0.25, 0.3) is 5.91 Å². The van der Waals surface area contributed by atoms with Gasteiger partial charge in [-0.1, -0.05) is 5.16 Å². The molecule has 6 nitrogen and oxygen atoms in total. The third-order valence-electron chi connectivity index (χ3n) is 2.67. The topological polar surface area (TPSA) is 108 Å². The van der Waals surface area contributed by atoms with Crippen LogP contribution >= 0.6 is 11.6 Å². The standard InChI is InChI=1S/C12H14ClN3O3/c13-9-5-4-8(18-9)11-10(12(15)17)7(19-16-11)3-1-2-6-14/h4-5H,1-3,6,14H2,(H2,15,17). The molecule has 2 rings (SSSR count). The van der Waals surface area contributed by atoms with Crippen LogP contribution < -0.4 is 11.5 Å². The van der Waals surface area contributed by atoms with Crippen molar-refractivity contribution in [2.45, 2.75) is 19.3 Å². The molecule has 0 fully saturated rings. The predicted molar refractivity (Wildman–Crippen MR) is 69.7 cm³/mol. The van der Waals surface area contributed by atoms with Crippen molar-refractivity contribution in [2.24, 2.45) is 11.5 Å². The van der Waals surface area contributed by atoms with E-state index in [1.165, 1.54) is 0 Å². The zero-order chi connectivity index (χ0) is 13.8. The fourth-order valence-electron chi connectivity index (χ4n) is 1.79. The SMILES string of the molecule is NCCCCc1onc(-c2ccc(Cl)o2)c1C(N)=O. The molecule has 2 aromatic heterocycles. The molecule has 0 aliphatic heterocycles. The number of unbranched alkanes of at least 4 members (excludes halogenated alkanes) is 1. The Labute approximate surface area is 114 Å². The summed E-state index contributed by atoms with van der Waals surface area (Å²) in [6.07, 6.45) is 2.18. The number of rotatable bonds is 6. The molecule has 0 atom stereocenters. The summed E-state index contributed by atoms with van der Waals surface area (Å²) < 4.78 is 10.4. The lowest BCUT2D eigenvalue weighted by atomic mass is 10.1. The van der Waals surface area contributed by atoms with Gasteiger partial charge in [-0.2, -0.15) is 0 Å². The fourth-order valence-corrected chi connectivity index (χ4v) is 1.93. The summed E-state index contributed by atoms with van der Waals surface area (Å²) in [5.41, 5.74) is 11.3. The number of carbonyl (C=O) groups is 1. The second kappa shape index (κ2) is 5.90. The minimum absolute atomic E-state index is 0.207. The van der Waals surface area contributed by atoms with Crippen LogP contribution in [0.5, 0.6) is 0 Å². The number of hydrogen-bond acceptors (Lipinski definition) is 5. The maximum absolute atomic E-state index is 11.5. The maximum atomic E-state index is 11.5. The Morgan fingerprint density at radius 1 is 1.37 bits per heavy atom. The molecule has 4 N–H and O–H groups in total. The van der Waals surface area contributed by atoms with Crippen molar-refractivity contribution < 1.29 is 13.7 Å². The number of hydrogen-bond donors (Lipinski definition) is 2. The third-order valence-corrected chi connectivity index (χ3v) is 2.88. The van der Waals surface area contributed by atoms with Gasteiger partial charge in [0, 0.05) is 6.42 Å². The van der Waals surface area contributed by atoms with E-state index in [0.29, 0.717) is 24.5 Å². The summed E-state index contributed by atoms with van der Waals surface area (Å²) in [7, 11) is 0. The van der Waals surface area contributed by atoms with Gasteiger partial charge in [-0.15, -0.1) is 0 Å². The van der Waals surface area contributed by atoms with E-state index in [1.807, 2.05) is 0 Å². The van der Waals surface area contributed by atoms with Crippen molar-refractivity contribution in [3.05, 3.63) is 28.7 Å². The molecule has 1 amide bonds. The molecule has 0 radical (unpaired) electrons. The number of nitrogens with two attached hydrogens (primary N) is 2. The first kappa shape index (κ1) is 13.6. The lowest BCUT2D eigenvalue weighted by Crippen LogP contribution is -2.13. The molecule has 2 heterocycles. The largest absolute Gasteiger partial charge is 0.443 e. The van der Waals surface area contributed by atoms with Crippen LogP contribution in [0.3, 0.4) is 0 Å². The lowest BCUT2D eigenvalue weighted by molar-refractivity contribution is 0.0998. The van der Waals surface area contributed by atoms with Crippen LogP contribution in [-0.2, 0) is 6.42 Å². The van der Waals surface area contributed by atoms with Gasteiger partial charge < -0.3 is 20.4 Å². The van der Waals surface area contributed by atoms with Crippen molar-refractivity contribution in [3.63, 3.8) is 0 Å². The molecule has 0 bridgehead atoms. The Balaban J connectivity index is 2.32. The van der Waals surface area contributed by atoms with Gasteiger partial charge in [0.15, 0.2) is 16.7 Å². The number of aryl methyl sites for hydroxylation is 1. The summed E-state index contributed by atoms with van der Waals surface area (Å²) in [4.78, 5) is 11.5. The van der Waals surface area contributed by atoms with Crippen LogP contribution in [0.15, 0.2) is 21.1 Å². The molecule has 2 aromatic rings. The summed E-state index contributed by atoms with van der Waals surface area (Å²) in [5.74, 6) is 0.197. The zero-order valence-electron chi connectivity index (χ0n) is 10.2. The summed E-state index contributed by atoms with van der Waals surface area (Å²) in [6, 6.07) is 3.17. The van der Waals surface area contributed by atoms with Crippen LogP contribution in [0.4, 0.5) is 0 Å². The molecule has 0 aliphatic carbocycles. The normalized spacial score (nSPS) is 10.8. The lowest BCUT2D eigenvalue weighted by Gasteiger charge is -1.98. The number of halogens is 1. The molecular formula is C12H14ClN3O3. The van der Waals surface area contributed by atoms with E-state index in [2.05, 4.69) is 5.16 Å². The van der Waals surface area contributed by atoms with Crippen molar-refractivity contribution in [3.8, 4) is 11.5 Å². The van der Waals surface area contributed by atoms with Crippen molar-refractivity contribution in [1.82, 2.24) is 5.16 Å². The zero-order valence-corrected chi connectivity index (χ0v) is 10.9. The number of nitrogens with zero attached hydrogens (tertiary/aromatic N) is 1. The highest BCUT2D eigenvalue weighted by molar-refractivity contribution is 6.29. The highest BCUT2D eigenvalue weighted by Gasteiger charge is 2.23. The van der Waals surface area contributed by atoms with Gasteiger partial charge in [-0.25, -0.2) is 0 Å². The van der Waals surface area contributed by atoms with Crippen molar-refractivity contribution >= 4 is 17.5 Å². The number of amides is 1. The Morgan fingerprint density at radius 3 is 2.74 bits per heavy atom. The Morgan fingerprint density at radius 2 is 2.16 bits per heavy atom. The van der Waals surface area contributed by atoms with Gasteiger partial charge in [-0.05, 0) is 43.1 Å². The Kier molecular flexibility index (Phi) is 4.24. The smallest absolute Gasteiger partial charge is 0.254 e. The second-order valence-corrected chi connectivity index (χ2v) is 4.42. The van der Waals surface area contributed by atoms with Gasteiger partial charge >= 0.3 is 0 Å². The first-order chi connectivity index (χ1) is 9.13. The van der Waals surface area contributed by atoms with E-state index in [1.54, 1.807) is 12.1 Å². The predicted octanol–water partition coefficient (Wildman–Crippen LogP) is 1.97. The average Bonchev–Trinajstić information content (AvgIpc) is 2.95. The van der Waals surface area contributed by atoms with E-state index >= 15 is 0 Å². The monoisotopic (exact) mass is 283 g/mol. The fraction of sp³-hybridized carbons (Fsp3) is 0.333. The Bertz CT molecular complexity index is 577. The van der Waals surface area contributed by atoms with Gasteiger partial charge in [-0.3, -0.25) is 4.79 Å². The van der Waals surface area contributed by atoms with Crippen LogP contribution in [0.2, 0.25) is 5.22 Å². The van der Waals surface area contributed by atoms with Gasteiger partial charge in [0.2, 0.25) is 0 Å². The van der Waals surface area contributed by atoms with Crippen LogP contribution in [-0.4, -0.2) is 17.6 Å². The van der Waals surface area contributed by atoms with Gasteiger partial charge in [0.05, 0.1) is 0 Å². The molecule has 0 aliphatic rings. The van der Waals surface area contributed by atoms with Crippen LogP contribution in [0, 0.1) is 0 Å². The molecule has 19 heavy (non-hydrogen) atoms. The molecule has 0 aromatic carbocycles. The molecule has 0 saturated heterocycles. The number of aromatic nitrogens is 1. The quantitative estimate of drug-likeness (QED) is 0.788. The summed E-state index contributed by atoms with van der Waals surface area (Å²) in [5, 5.41) is 4.05. The molecule has 0 saturated carbocycles. The van der Waals surface area contributed by atoms with Gasteiger partial charge in [0.1, 0.15) is 11.3 Å². The van der Waals surface area contributed by atoms with E-state index in [0.717, 1.165) is 12.8 Å². The first-order valence-electron chi connectivity index (χ1n) is 5.87. The molecule has 102 valence electrons. The molecule has 7 heteroatoms. The molecule has 0 unspecified atom stereocenters. The highest BCUT2D eigenvalue weighted by atomic mass is 35.5. The minimum Gasteiger partial charge on any atom is -0.443 e. The maximum Gasteiger partial charge on any atom is 0.254 e. The van der Waals surface area contributed by atoms with Crippen molar-refractivity contribution in [2.75, 3.05) is 6.54 Å². The molecular weight excluding hydrogens is 270 g/mol. The average molecular weight is 284 g/mol. The minimum atomic E-state index is -0.605. The molecule has 0 spiro atoms. The third kappa shape index (κ3) is 2.97. The summed E-state index contributed by atoms with van der Waals surface area (Å²) >= 11 is 5.70. The first-order valence-corrected chi connectivity index (χ1v) is 6.25. The van der Waals surface area contributed by atoms with E-state index < -0.39 is 5.91 Å². The Hall–Kier alpha value is -1.79. The van der Waals surface area contributed by atoms with E-state index in [9.17, 15) is 4.79 Å². The number of primary amides is 1. The van der Waals surface area contributed by atoms with E-state index in [-0.39, 0.29) is 16.5 Å².